The van der Waals surface area contributed by atoms with Crippen molar-refractivity contribution < 1.29 is 90.1 Å². The minimum Gasteiger partial charge on any atom is -0.394 e. The first-order chi connectivity index (χ1) is 16.7. The third-order valence-electron chi connectivity index (χ3n) is 6.28. The highest BCUT2D eigenvalue weighted by molar-refractivity contribution is 4.97. The van der Waals surface area contributed by atoms with Gasteiger partial charge in [0.05, 0.1) is 19.8 Å². The van der Waals surface area contributed by atoms with Crippen molar-refractivity contribution >= 4 is 0 Å². The van der Waals surface area contributed by atoms with E-state index in [4.69, 9.17) is 23.7 Å². The molecule has 1 unspecified atom stereocenters. The molecule has 15 atom stereocenters. The van der Waals surface area contributed by atoms with Crippen molar-refractivity contribution in [3.63, 3.8) is 0 Å². The molecule has 0 saturated carbocycles. The molecule has 0 radical (unpaired) electrons. The normalized spacial score (nSPS) is 54.4. The number of aliphatic hydroxyl groups excluding tert-OH is 11. The van der Waals surface area contributed by atoms with Crippen LogP contribution in [0.5, 0.6) is 0 Å². The first kappa shape index (κ1) is 29.8. The van der Waals surface area contributed by atoms with Gasteiger partial charge in [0.1, 0.15) is 61.0 Å². The molecule has 3 saturated heterocycles. The highest BCUT2D eigenvalue weighted by Crippen LogP contribution is 2.35. The second-order valence-electron chi connectivity index (χ2n) is 8.73. The Morgan fingerprint density at radius 2 is 1.08 bits per heavy atom. The summed E-state index contributed by atoms with van der Waals surface area (Å²) in [7, 11) is 0. The number of hydrogen-bond acceptors (Lipinski definition) is 18. The summed E-state index contributed by atoms with van der Waals surface area (Å²) < 4.78 is 24.9. The van der Waals surface area contributed by atoms with E-state index < -0.39 is 111 Å². The summed E-state index contributed by atoms with van der Waals surface area (Å²) in [5, 5.41) is 130. The van der Waals surface area contributed by atoms with E-state index in [9.17, 15) is 66.4 Å². The highest BCUT2D eigenvalue weighted by atomic mass is 16.9. The lowest BCUT2D eigenvalue weighted by atomic mass is 9.95. The summed E-state index contributed by atoms with van der Waals surface area (Å²) in [5.74, 6) is -6.38. The Hall–Kier alpha value is -0.720. The summed E-state index contributed by atoms with van der Waals surface area (Å²) in [6, 6.07) is 0. The highest BCUT2D eigenvalue weighted by Gasteiger charge is 2.59. The predicted octanol–water partition coefficient (Wildman–Crippen LogP) is -8.93. The quantitative estimate of drug-likeness (QED) is 0.134. The average Bonchev–Trinajstić information content (AvgIpc) is 2.85. The Kier molecular flexibility index (Phi) is 9.26. The zero-order valence-corrected chi connectivity index (χ0v) is 18.5. The third-order valence-corrected chi connectivity index (χ3v) is 6.28. The summed E-state index contributed by atoms with van der Waals surface area (Å²) in [6.07, 6.45) is -25.8. The molecule has 3 aliphatic rings. The fraction of sp³-hybridized carbons (Fsp3) is 1.00. The lowest BCUT2D eigenvalue weighted by Crippen LogP contribution is -2.70. The van der Waals surface area contributed by atoms with E-state index in [1.807, 2.05) is 0 Å². The van der Waals surface area contributed by atoms with E-state index in [0.717, 1.165) is 0 Å². The molecule has 3 heterocycles. The lowest BCUT2D eigenvalue weighted by molar-refractivity contribution is -0.486. The van der Waals surface area contributed by atoms with Crippen molar-refractivity contribution in [2.24, 2.45) is 0 Å². The second kappa shape index (κ2) is 11.2. The molecule has 0 aromatic heterocycles. The van der Waals surface area contributed by atoms with Crippen LogP contribution in [-0.2, 0) is 23.7 Å². The first-order valence-electron chi connectivity index (χ1n) is 10.8. The zero-order chi connectivity index (χ0) is 27.2. The van der Waals surface area contributed by atoms with Gasteiger partial charge in [-0.15, -0.1) is 0 Å². The molecule has 3 rings (SSSR count). The van der Waals surface area contributed by atoms with Gasteiger partial charge in [0.25, 0.3) is 0 Å². The van der Waals surface area contributed by atoms with E-state index >= 15 is 0 Å². The van der Waals surface area contributed by atoms with Crippen LogP contribution in [0.3, 0.4) is 0 Å². The molecule has 3 fully saturated rings. The maximum atomic E-state index is 10.8. The van der Waals surface area contributed by atoms with Crippen molar-refractivity contribution in [3.05, 3.63) is 0 Å². The van der Waals surface area contributed by atoms with Gasteiger partial charge in [-0.05, 0) is 0 Å². The molecule has 18 nitrogen and oxygen atoms in total. The fourth-order valence-corrected chi connectivity index (χ4v) is 4.06. The molecule has 0 amide bonds. The molecule has 18 heteroatoms. The van der Waals surface area contributed by atoms with Crippen LogP contribution >= 0.6 is 0 Å². The number of rotatable bonds is 7. The van der Waals surface area contributed by atoms with Gasteiger partial charge in [-0.25, -0.2) is 0 Å². The molecular weight excluding hydrogens is 504 g/mol. The number of hydrogen-bond donors (Lipinski definition) is 13. The fourth-order valence-electron chi connectivity index (χ4n) is 4.06. The van der Waals surface area contributed by atoms with Crippen LogP contribution in [0.25, 0.3) is 0 Å². The maximum absolute atomic E-state index is 10.8. The van der Waals surface area contributed by atoms with E-state index in [1.54, 1.807) is 0 Å². The van der Waals surface area contributed by atoms with Crippen LogP contribution < -0.4 is 0 Å². The Bertz CT molecular complexity index is 726. The standard InChI is InChI=1S/C18H32O18/c19-1-4-7(21)10(24)14(27)17(30,34-4)32-3-6-8(22)11(25)15(28)18(31,35-6)36-13-5(2-20)33-16(29)12(26)9(13)23/h4-16,19-31H,1-3H2/t4-,5-,6-,7+,8+,9-,10+,11+,12-,13-,14-,15-,16?,17-,18+/m1/s1. The summed E-state index contributed by atoms with van der Waals surface area (Å²) in [5.41, 5.74) is 0. The van der Waals surface area contributed by atoms with Crippen molar-refractivity contribution in [3.8, 4) is 0 Å². The lowest BCUT2D eigenvalue weighted by Gasteiger charge is -2.49. The third kappa shape index (κ3) is 5.38. The minimum atomic E-state index is -3.28. The van der Waals surface area contributed by atoms with Gasteiger partial charge in [-0.1, -0.05) is 0 Å². The topological polar surface area (TPSA) is 309 Å². The Balaban J connectivity index is 1.77. The predicted molar refractivity (Wildman–Crippen MR) is 104 cm³/mol. The SMILES string of the molecule is OC[C@H]1O[C@](O)(OC[C@H]2O[C@](O)(O[C@H]3[C@H](O)[C@@H](O)C(O)O[C@@H]3CO)[C@H](O)[C@@H](O)[C@H]2O)[C@H](O)[C@@H](O)[C@H]1O. The van der Waals surface area contributed by atoms with Crippen LogP contribution in [-0.4, -0.2) is 178 Å². The van der Waals surface area contributed by atoms with Crippen LogP contribution in [0, 0.1) is 0 Å². The average molecular weight is 536 g/mol. The molecule has 0 spiro atoms. The van der Waals surface area contributed by atoms with Gasteiger partial charge < -0.3 is 90.1 Å². The molecule has 0 aliphatic carbocycles. The van der Waals surface area contributed by atoms with E-state index in [1.165, 1.54) is 0 Å². The van der Waals surface area contributed by atoms with Gasteiger partial charge >= 0.3 is 11.9 Å². The smallest absolute Gasteiger partial charge is 0.311 e. The van der Waals surface area contributed by atoms with Gasteiger partial charge in [-0.3, -0.25) is 0 Å². The molecule has 36 heavy (non-hydrogen) atoms. The first-order valence-corrected chi connectivity index (χ1v) is 10.8. The van der Waals surface area contributed by atoms with Gasteiger partial charge in [0, 0.05) is 0 Å². The summed E-state index contributed by atoms with van der Waals surface area (Å²) >= 11 is 0. The van der Waals surface area contributed by atoms with E-state index in [0.29, 0.717) is 0 Å². The molecule has 0 bridgehead atoms. The molecule has 0 aromatic rings. The summed E-state index contributed by atoms with van der Waals surface area (Å²) in [4.78, 5) is 0. The summed E-state index contributed by atoms with van der Waals surface area (Å²) in [6.45, 7) is -2.90. The van der Waals surface area contributed by atoms with Gasteiger partial charge in [-0.2, -0.15) is 0 Å². The van der Waals surface area contributed by atoms with Crippen LogP contribution in [0.2, 0.25) is 0 Å². The van der Waals surface area contributed by atoms with Crippen LogP contribution in [0.1, 0.15) is 0 Å². The Labute approximate surface area is 202 Å². The largest absolute Gasteiger partial charge is 0.394 e. The Morgan fingerprint density at radius 1 is 0.583 bits per heavy atom. The maximum Gasteiger partial charge on any atom is 0.311 e. The molecule has 13 N–H and O–H groups in total. The van der Waals surface area contributed by atoms with Crippen molar-refractivity contribution in [1.82, 2.24) is 0 Å². The van der Waals surface area contributed by atoms with E-state index in [-0.39, 0.29) is 0 Å². The number of ether oxygens (including phenoxy) is 5. The van der Waals surface area contributed by atoms with Gasteiger partial charge in [0.2, 0.25) is 0 Å². The van der Waals surface area contributed by atoms with Gasteiger partial charge in [0.15, 0.2) is 18.5 Å². The molecule has 3 aliphatic heterocycles. The number of aliphatic hydroxyl groups is 13. The van der Waals surface area contributed by atoms with Crippen LogP contribution in [0.15, 0.2) is 0 Å². The van der Waals surface area contributed by atoms with E-state index in [2.05, 4.69) is 0 Å². The van der Waals surface area contributed by atoms with Crippen LogP contribution in [0.4, 0.5) is 0 Å². The van der Waals surface area contributed by atoms with Crippen molar-refractivity contribution in [2.75, 3.05) is 19.8 Å². The molecule has 212 valence electrons. The molecule has 0 aromatic carbocycles. The minimum absolute atomic E-state index is 0.919. The van der Waals surface area contributed by atoms with Crippen molar-refractivity contribution in [1.29, 1.82) is 0 Å². The van der Waals surface area contributed by atoms with Crippen molar-refractivity contribution in [2.45, 2.75) is 91.5 Å². The molecular formula is C18H32O18. The Morgan fingerprint density at radius 3 is 1.64 bits per heavy atom. The zero-order valence-electron chi connectivity index (χ0n) is 18.5. The monoisotopic (exact) mass is 536 g/mol. The second-order valence-corrected chi connectivity index (χ2v) is 8.73.